The van der Waals surface area contributed by atoms with Crippen LogP contribution in [0.4, 0.5) is 11.5 Å². The lowest BCUT2D eigenvalue weighted by Gasteiger charge is -2.13. The van der Waals surface area contributed by atoms with Crippen LogP contribution in [0.5, 0.6) is 17.2 Å². The Hall–Kier alpha value is -4.60. The molecule has 4 rings (SSSR count). The van der Waals surface area contributed by atoms with E-state index < -0.39 is 0 Å². The number of nitrogens with one attached hydrogen (secondary N) is 2. The number of hydrogen-bond donors (Lipinski definition) is 2. The highest BCUT2D eigenvalue weighted by Crippen LogP contribution is 2.38. The van der Waals surface area contributed by atoms with Gasteiger partial charge in [0.05, 0.1) is 27.0 Å². The lowest BCUT2D eigenvalue weighted by Crippen LogP contribution is -2.24. The number of unbranched alkanes of at least 4 members (excludes halogenated alkanes) is 1. The first-order valence-corrected chi connectivity index (χ1v) is 13.8. The summed E-state index contributed by atoms with van der Waals surface area (Å²) in [5.41, 5.74) is 4.76. The van der Waals surface area contributed by atoms with Gasteiger partial charge in [-0.2, -0.15) is 5.10 Å². The molecule has 0 bridgehead atoms. The molecule has 0 fully saturated rings. The summed E-state index contributed by atoms with van der Waals surface area (Å²) in [7, 11) is 6.64. The molecular formula is C31H38N6O4. The number of methoxy groups -OCH3 is 3. The van der Waals surface area contributed by atoms with Crippen molar-refractivity contribution >= 4 is 40.6 Å². The molecule has 2 aromatic carbocycles. The smallest absolute Gasteiger partial charge is 0.251 e. The quantitative estimate of drug-likeness (QED) is 0.199. The zero-order valence-corrected chi connectivity index (χ0v) is 24.6. The predicted molar refractivity (Wildman–Crippen MR) is 162 cm³/mol. The minimum Gasteiger partial charge on any atom is -0.493 e. The summed E-state index contributed by atoms with van der Waals surface area (Å²) in [5, 5.41) is 11.1. The Labute approximate surface area is 240 Å². The number of aryl methyl sites for hydroxylation is 2. The van der Waals surface area contributed by atoms with E-state index in [-0.39, 0.29) is 5.91 Å². The fourth-order valence-corrected chi connectivity index (χ4v) is 4.52. The molecule has 0 radical (unpaired) electrons. The molecule has 2 N–H and O–H groups in total. The third-order valence-corrected chi connectivity index (χ3v) is 6.59. The van der Waals surface area contributed by atoms with Gasteiger partial charge in [-0.15, -0.1) is 0 Å². The van der Waals surface area contributed by atoms with E-state index in [1.54, 1.807) is 33.5 Å². The van der Waals surface area contributed by atoms with E-state index in [0.717, 1.165) is 53.7 Å². The van der Waals surface area contributed by atoms with E-state index >= 15 is 0 Å². The van der Waals surface area contributed by atoms with E-state index in [1.807, 2.05) is 48.1 Å². The van der Waals surface area contributed by atoms with Crippen molar-refractivity contribution in [1.82, 2.24) is 25.1 Å². The minimum absolute atomic E-state index is 0.0792. The van der Waals surface area contributed by atoms with Crippen molar-refractivity contribution in [1.29, 1.82) is 0 Å². The van der Waals surface area contributed by atoms with Crippen LogP contribution in [-0.4, -0.2) is 53.5 Å². The zero-order valence-electron chi connectivity index (χ0n) is 24.6. The summed E-state index contributed by atoms with van der Waals surface area (Å²) < 4.78 is 18.2. The molecule has 216 valence electrons. The average Bonchev–Trinajstić information content (AvgIpc) is 3.30. The number of ether oxygens (including phenoxy) is 3. The first kappa shape index (κ1) is 29.4. The highest BCUT2D eigenvalue weighted by atomic mass is 16.5. The molecule has 10 nitrogen and oxygen atoms in total. The Morgan fingerprint density at radius 1 is 0.951 bits per heavy atom. The molecule has 0 aliphatic carbocycles. The molecule has 1 amide bonds. The first-order valence-electron chi connectivity index (χ1n) is 13.8. The topological polar surface area (TPSA) is 112 Å². The molecule has 0 saturated heterocycles. The van der Waals surface area contributed by atoms with Crippen LogP contribution in [0, 0.1) is 0 Å². The molecule has 10 heteroatoms. The van der Waals surface area contributed by atoms with Crippen LogP contribution < -0.4 is 24.8 Å². The van der Waals surface area contributed by atoms with Gasteiger partial charge in [-0.25, -0.2) is 9.97 Å². The lowest BCUT2D eigenvalue weighted by molar-refractivity contribution is 0.0953. The zero-order chi connectivity index (χ0) is 29.4. The van der Waals surface area contributed by atoms with Gasteiger partial charge >= 0.3 is 0 Å². The van der Waals surface area contributed by atoms with Crippen molar-refractivity contribution in [3.63, 3.8) is 0 Å². The second-order valence-corrected chi connectivity index (χ2v) is 9.55. The van der Waals surface area contributed by atoms with Gasteiger partial charge < -0.3 is 24.8 Å². The second kappa shape index (κ2) is 13.6. The summed E-state index contributed by atoms with van der Waals surface area (Å²) in [5.74, 6) is 2.71. The first-order chi connectivity index (χ1) is 19.9. The van der Waals surface area contributed by atoms with Crippen LogP contribution in [0.1, 0.15) is 60.5 Å². The minimum atomic E-state index is -0.0792. The molecule has 0 unspecified atom stereocenters. The average molecular weight is 559 g/mol. The molecule has 0 spiro atoms. The highest BCUT2D eigenvalue weighted by molar-refractivity contribution is 5.95. The van der Waals surface area contributed by atoms with Gasteiger partial charge in [0.1, 0.15) is 11.0 Å². The van der Waals surface area contributed by atoms with Gasteiger partial charge in [0, 0.05) is 24.8 Å². The SMILES string of the molecule is CCCCNC(=O)c1ccc(Nc2nc(/C=C/c3cc(OC)c(OC)c(OC)c3)nc3c(CCC)nn(C)c23)cc1. The Kier molecular flexibility index (Phi) is 9.78. The number of carbonyl (C=O) groups excluding carboxylic acids is 1. The highest BCUT2D eigenvalue weighted by Gasteiger charge is 2.17. The van der Waals surface area contributed by atoms with Gasteiger partial charge in [-0.1, -0.05) is 32.8 Å². The maximum atomic E-state index is 12.4. The van der Waals surface area contributed by atoms with E-state index in [0.29, 0.717) is 41.0 Å². The predicted octanol–water partition coefficient (Wildman–Crippen LogP) is 5.79. The summed E-state index contributed by atoms with van der Waals surface area (Å²) in [6.07, 6.45) is 7.47. The third kappa shape index (κ3) is 6.77. The summed E-state index contributed by atoms with van der Waals surface area (Å²) in [4.78, 5) is 22.1. The van der Waals surface area contributed by atoms with Crippen molar-refractivity contribution < 1.29 is 19.0 Å². The summed E-state index contributed by atoms with van der Waals surface area (Å²) >= 11 is 0. The van der Waals surface area contributed by atoms with Gasteiger partial charge in [0.25, 0.3) is 5.91 Å². The fourth-order valence-electron chi connectivity index (χ4n) is 4.52. The number of aromatic nitrogens is 4. The van der Waals surface area contributed by atoms with Crippen molar-refractivity contribution in [2.24, 2.45) is 7.05 Å². The van der Waals surface area contributed by atoms with Gasteiger partial charge in [-0.05, 0) is 60.9 Å². The van der Waals surface area contributed by atoms with Crippen LogP contribution in [0.3, 0.4) is 0 Å². The lowest BCUT2D eigenvalue weighted by atomic mass is 10.1. The number of amides is 1. The van der Waals surface area contributed by atoms with Crippen LogP contribution >= 0.6 is 0 Å². The number of fused-ring (bicyclic) bond motifs is 1. The largest absolute Gasteiger partial charge is 0.493 e. The molecule has 41 heavy (non-hydrogen) atoms. The maximum Gasteiger partial charge on any atom is 0.251 e. The Balaban J connectivity index is 1.69. The van der Waals surface area contributed by atoms with E-state index in [4.69, 9.17) is 29.3 Å². The van der Waals surface area contributed by atoms with E-state index in [9.17, 15) is 4.79 Å². The summed E-state index contributed by atoms with van der Waals surface area (Å²) in [6, 6.07) is 11.1. The maximum absolute atomic E-state index is 12.4. The van der Waals surface area contributed by atoms with Crippen molar-refractivity contribution in [3.8, 4) is 17.2 Å². The number of rotatable bonds is 13. The summed E-state index contributed by atoms with van der Waals surface area (Å²) in [6.45, 7) is 4.88. The molecule has 0 saturated carbocycles. The number of nitrogens with zero attached hydrogens (tertiary/aromatic N) is 4. The van der Waals surface area contributed by atoms with E-state index in [1.165, 1.54) is 0 Å². The Morgan fingerprint density at radius 2 is 1.66 bits per heavy atom. The van der Waals surface area contributed by atoms with Crippen LogP contribution in [0.2, 0.25) is 0 Å². The van der Waals surface area contributed by atoms with Crippen molar-refractivity contribution in [2.45, 2.75) is 39.5 Å². The Bertz CT molecular complexity index is 1500. The van der Waals surface area contributed by atoms with Gasteiger partial charge in [-0.3, -0.25) is 9.48 Å². The monoisotopic (exact) mass is 558 g/mol. The number of anilines is 2. The standard InChI is InChI=1S/C31H38N6O4/c1-7-9-17-32-31(38)21-12-14-22(15-13-21)33-30-28-27(23(10-8-2)36-37(28)3)34-26(35-30)16-11-20-18-24(39-4)29(41-6)25(19-20)40-5/h11-16,18-19H,7-10,17H2,1-6H3,(H,32,38)(H,33,34,35)/b16-11+. The van der Waals surface area contributed by atoms with Gasteiger partial charge in [0.15, 0.2) is 23.1 Å². The normalized spacial score (nSPS) is 11.2. The number of carbonyl (C=O) groups is 1. The Morgan fingerprint density at radius 3 is 2.27 bits per heavy atom. The van der Waals surface area contributed by atoms with Crippen LogP contribution in [-0.2, 0) is 13.5 Å². The molecule has 4 aromatic rings. The molecule has 0 atom stereocenters. The van der Waals surface area contributed by atoms with Crippen molar-refractivity contribution in [3.05, 3.63) is 59.0 Å². The third-order valence-electron chi connectivity index (χ3n) is 6.59. The molecule has 0 aliphatic heterocycles. The van der Waals surface area contributed by atoms with E-state index in [2.05, 4.69) is 24.5 Å². The second-order valence-electron chi connectivity index (χ2n) is 9.55. The molecular weight excluding hydrogens is 520 g/mol. The molecule has 2 aromatic heterocycles. The molecule has 0 aliphatic rings. The fraction of sp³-hybridized carbons (Fsp3) is 0.355. The van der Waals surface area contributed by atoms with Crippen LogP contribution in [0.15, 0.2) is 36.4 Å². The van der Waals surface area contributed by atoms with Gasteiger partial charge in [0.2, 0.25) is 5.75 Å². The van der Waals surface area contributed by atoms with Crippen molar-refractivity contribution in [2.75, 3.05) is 33.2 Å². The number of benzene rings is 2. The number of hydrogen-bond acceptors (Lipinski definition) is 8. The van der Waals surface area contributed by atoms with Crippen LogP contribution in [0.25, 0.3) is 23.2 Å². The molecule has 2 heterocycles.